The summed E-state index contributed by atoms with van der Waals surface area (Å²) in [7, 11) is 0. The first-order valence-electron chi connectivity index (χ1n) is 6.33. The summed E-state index contributed by atoms with van der Waals surface area (Å²) >= 11 is 0. The smallest absolute Gasteiger partial charge is 0.251 e. The van der Waals surface area contributed by atoms with E-state index in [1.807, 2.05) is 45.9 Å². The summed E-state index contributed by atoms with van der Waals surface area (Å²) in [5.74, 6) is -0.0835. The van der Waals surface area contributed by atoms with E-state index in [-0.39, 0.29) is 11.3 Å². The fraction of sp³-hybridized carbons (Fsp3) is 0.533. The molecule has 1 atom stereocenters. The first-order chi connectivity index (χ1) is 8.30. The third kappa shape index (κ3) is 4.49. The van der Waals surface area contributed by atoms with Crippen LogP contribution < -0.4 is 5.32 Å². The number of nitrogens with one attached hydrogen (secondary N) is 1. The molecular formula is C15H23NO2. The maximum absolute atomic E-state index is 11.8. The lowest BCUT2D eigenvalue weighted by molar-refractivity contribution is 0.0551. The average Bonchev–Trinajstić information content (AvgIpc) is 2.27. The highest BCUT2D eigenvalue weighted by Gasteiger charge is 2.21. The van der Waals surface area contributed by atoms with E-state index in [0.717, 1.165) is 5.56 Å². The van der Waals surface area contributed by atoms with Gasteiger partial charge in [0.1, 0.15) is 0 Å². The second-order valence-electron chi connectivity index (χ2n) is 5.80. The number of aliphatic hydroxyl groups is 1. The van der Waals surface area contributed by atoms with Crippen molar-refractivity contribution in [1.82, 2.24) is 5.32 Å². The lowest BCUT2D eigenvalue weighted by Crippen LogP contribution is -2.32. The minimum Gasteiger partial charge on any atom is -0.393 e. The summed E-state index contributed by atoms with van der Waals surface area (Å²) in [6.45, 7) is 8.41. The number of benzene rings is 1. The van der Waals surface area contributed by atoms with Crippen molar-refractivity contribution in [3.63, 3.8) is 0 Å². The molecule has 1 unspecified atom stereocenters. The zero-order valence-corrected chi connectivity index (χ0v) is 11.7. The van der Waals surface area contributed by atoms with Crippen LogP contribution in [0, 0.1) is 12.3 Å². The summed E-state index contributed by atoms with van der Waals surface area (Å²) in [5.41, 5.74) is 1.59. The fourth-order valence-electron chi connectivity index (χ4n) is 1.64. The zero-order valence-electron chi connectivity index (χ0n) is 11.7. The van der Waals surface area contributed by atoms with Crippen molar-refractivity contribution >= 4 is 5.91 Å². The molecule has 2 N–H and O–H groups in total. The van der Waals surface area contributed by atoms with Crippen molar-refractivity contribution < 1.29 is 9.90 Å². The predicted molar refractivity (Wildman–Crippen MR) is 73.6 cm³/mol. The highest BCUT2D eigenvalue weighted by Crippen LogP contribution is 2.20. The Morgan fingerprint density at radius 2 is 2.06 bits per heavy atom. The van der Waals surface area contributed by atoms with Crippen molar-refractivity contribution in [1.29, 1.82) is 0 Å². The van der Waals surface area contributed by atoms with Crippen LogP contribution in [0.15, 0.2) is 24.3 Å². The van der Waals surface area contributed by atoms with E-state index in [2.05, 4.69) is 5.32 Å². The predicted octanol–water partition coefficient (Wildman–Crippen LogP) is 2.52. The van der Waals surface area contributed by atoms with Gasteiger partial charge in [-0.25, -0.2) is 0 Å². The van der Waals surface area contributed by atoms with Crippen LogP contribution in [0.2, 0.25) is 0 Å². The molecule has 0 spiro atoms. The summed E-state index contributed by atoms with van der Waals surface area (Å²) in [4.78, 5) is 11.8. The molecule has 0 fully saturated rings. The molecule has 1 rings (SSSR count). The third-order valence-electron chi connectivity index (χ3n) is 2.98. The van der Waals surface area contributed by atoms with Crippen LogP contribution in [0.25, 0.3) is 0 Å². The first-order valence-corrected chi connectivity index (χ1v) is 6.33. The Kier molecular flexibility index (Phi) is 4.91. The molecule has 18 heavy (non-hydrogen) atoms. The third-order valence-corrected chi connectivity index (χ3v) is 2.98. The van der Waals surface area contributed by atoms with Gasteiger partial charge in [-0.05, 0) is 30.9 Å². The van der Waals surface area contributed by atoms with Gasteiger partial charge in [-0.15, -0.1) is 0 Å². The monoisotopic (exact) mass is 249 g/mol. The average molecular weight is 249 g/mol. The van der Waals surface area contributed by atoms with Gasteiger partial charge < -0.3 is 10.4 Å². The number of hydrogen-bond donors (Lipinski definition) is 2. The largest absolute Gasteiger partial charge is 0.393 e. The Bertz CT molecular complexity index is 407. The lowest BCUT2D eigenvalue weighted by atomic mass is 9.87. The lowest BCUT2D eigenvalue weighted by Gasteiger charge is -2.25. The molecule has 0 aromatic heterocycles. The molecule has 3 nitrogen and oxygen atoms in total. The van der Waals surface area contributed by atoms with Gasteiger partial charge in [0.2, 0.25) is 0 Å². The van der Waals surface area contributed by atoms with Gasteiger partial charge in [-0.1, -0.05) is 38.5 Å². The van der Waals surface area contributed by atoms with Crippen LogP contribution in [0.5, 0.6) is 0 Å². The number of carbonyl (C=O) groups excluding carboxylic acids is 1. The Labute approximate surface area is 109 Å². The van der Waals surface area contributed by atoms with Crippen molar-refractivity contribution in [3.05, 3.63) is 35.4 Å². The van der Waals surface area contributed by atoms with Crippen LogP contribution in [0.3, 0.4) is 0 Å². The quantitative estimate of drug-likeness (QED) is 0.861. The van der Waals surface area contributed by atoms with E-state index in [1.165, 1.54) is 0 Å². The van der Waals surface area contributed by atoms with E-state index in [1.54, 1.807) is 6.07 Å². The van der Waals surface area contributed by atoms with E-state index < -0.39 is 6.10 Å². The second kappa shape index (κ2) is 6.01. The maximum Gasteiger partial charge on any atom is 0.251 e. The van der Waals surface area contributed by atoms with Crippen molar-refractivity contribution in [2.24, 2.45) is 5.41 Å². The Hall–Kier alpha value is -1.35. The molecule has 1 amide bonds. The summed E-state index contributed by atoms with van der Waals surface area (Å²) in [5, 5.41) is 12.7. The Morgan fingerprint density at radius 1 is 1.39 bits per heavy atom. The van der Waals surface area contributed by atoms with Gasteiger partial charge >= 0.3 is 0 Å². The first kappa shape index (κ1) is 14.7. The van der Waals surface area contributed by atoms with Crippen LogP contribution in [-0.2, 0) is 0 Å². The van der Waals surface area contributed by atoms with Crippen molar-refractivity contribution in [2.75, 3.05) is 6.54 Å². The van der Waals surface area contributed by atoms with Gasteiger partial charge in [0.15, 0.2) is 0 Å². The number of aliphatic hydroxyl groups excluding tert-OH is 1. The van der Waals surface area contributed by atoms with Gasteiger partial charge in [0.25, 0.3) is 5.91 Å². The molecule has 100 valence electrons. The minimum atomic E-state index is -0.407. The summed E-state index contributed by atoms with van der Waals surface area (Å²) in [6.07, 6.45) is 0.163. The highest BCUT2D eigenvalue weighted by molar-refractivity contribution is 5.94. The SMILES string of the molecule is Cc1cccc(C(=O)NCCC(O)C(C)(C)C)c1. The Morgan fingerprint density at radius 3 is 2.61 bits per heavy atom. The van der Waals surface area contributed by atoms with Gasteiger partial charge in [-0.2, -0.15) is 0 Å². The van der Waals surface area contributed by atoms with Gasteiger partial charge in [0, 0.05) is 12.1 Å². The highest BCUT2D eigenvalue weighted by atomic mass is 16.3. The van der Waals surface area contributed by atoms with E-state index in [4.69, 9.17) is 0 Å². The molecule has 3 heteroatoms. The molecule has 0 saturated carbocycles. The number of aryl methyl sites for hydroxylation is 1. The number of hydrogen-bond acceptors (Lipinski definition) is 2. The fourth-order valence-corrected chi connectivity index (χ4v) is 1.64. The molecule has 1 aromatic carbocycles. The van der Waals surface area contributed by atoms with Crippen LogP contribution >= 0.6 is 0 Å². The van der Waals surface area contributed by atoms with Gasteiger partial charge in [0.05, 0.1) is 6.10 Å². The van der Waals surface area contributed by atoms with E-state index in [0.29, 0.717) is 18.5 Å². The molecule has 0 aliphatic heterocycles. The van der Waals surface area contributed by atoms with E-state index >= 15 is 0 Å². The molecule has 0 aliphatic rings. The molecule has 0 radical (unpaired) electrons. The molecule has 0 saturated heterocycles. The zero-order chi connectivity index (χ0) is 13.8. The number of amides is 1. The minimum absolute atomic E-state index is 0.0835. The standard InChI is InChI=1S/C15H23NO2/c1-11-6-5-7-12(10-11)14(18)16-9-8-13(17)15(2,3)4/h5-7,10,13,17H,8-9H2,1-4H3,(H,16,18). The van der Waals surface area contributed by atoms with Crippen molar-refractivity contribution in [2.45, 2.75) is 40.2 Å². The normalized spacial score (nSPS) is 13.2. The van der Waals surface area contributed by atoms with E-state index in [9.17, 15) is 9.90 Å². The molecular weight excluding hydrogens is 226 g/mol. The molecule has 0 aliphatic carbocycles. The second-order valence-corrected chi connectivity index (χ2v) is 5.80. The molecule has 0 heterocycles. The Balaban J connectivity index is 2.43. The van der Waals surface area contributed by atoms with Crippen LogP contribution in [-0.4, -0.2) is 23.7 Å². The summed E-state index contributed by atoms with van der Waals surface area (Å²) < 4.78 is 0. The number of carbonyl (C=O) groups is 1. The number of rotatable bonds is 4. The van der Waals surface area contributed by atoms with Crippen LogP contribution in [0.1, 0.15) is 43.1 Å². The van der Waals surface area contributed by atoms with Crippen molar-refractivity contribution in [3.8, 4) is 0 Å². The molecule has 0 bridgehead atoms. The van der Waals surface area contributed by atoms with Gasteiger partial charge in [-0.3, -0.25) is 4.79 Å². The topological polar surface area (TPSA) is 49.3 Å². The summed E-state index contributed by atoms with van der Waals surface area (Å²) in [6, 6.07) is 7.48. The molecule has 1 aromatic rings. The maximum atomic E-state index is 11.8. The van der Waals surface area contributed by atoms with Crippen LogP contribution in [0.4, 0.5) is 0 Å².